The number of aliphatic carboxylic acids is 1. The van der Waals surface area contributed by atoms with Gasteiger partial charge in [-0.3, -0.25) is 4.79 Å². The normalized spacial score (nSPS) is 11.4. The van der Waals surface area contributed by atoms with E-state index >= 15 is 0 Å². The number of sulfonamides is 1. The Labute approximate surface area is 106 Å². The van der Waals surface area contributed by atoms with E-state index in [1.165, 1.54) is 0 Å². The molecule has 0 saturated heterocycles. The van der Waals surface area contributed by atoms with E-state index < -0.39 is 21.7 Å². The molecule has 2 N–H and O–H groups in total. The van der Waals surface area contributed by atoms with Crippen LogP contribution in [0.15, 0.2) is 24.3 Å². The van der Waals surface area contributed by atoms with Gasteiger partial charge in [0.1, 0.15) is 0 Å². The Morgan fingerprint density at radius 1 is 1.39 bits per heavy atom. The number of hydrogen-bond acceptors (Lipinski definition) is 4. The van der Waals surface area contributed by atoms with Crippen LogP contribution in [0.1, 0.15) is 11.1 Å². The second kappa shape index (κ2) is 6.48. The fourth-order valence-corrected chi connectivity index (χ4v) is 2.22. The lowest BCUT2D eigenvalue weighted by Crippen LogP contribution is -2.29. The summed E-state index contributed by atoms with van der Waals surface area (Å²) >= 11 is 0. The summed E-state index contributed by atoms with van der Waals surface area (Å²) < 4.78 is 29.8. The smallest absolute Gasteiger partial charge is 0.320 e. The quantitative estimate of drug-likeness (QED) is 0.747. The molecule has 0 spiro atoms. The summed E-state index contributed by atoms with van der Waals surface area (Å²) in [5, 5.41) is 8.42. The first-order valence-electron chi connectivity index (χ1n) is 5.19. The van der Waals surface area contributed by atoms with Gasteiger partial charge < -0.3 is 9.84 Å². The van der Waals surface area contributed by atoms with Crippen LogP contribution >= 0.6 is 0 Å². The van der Waals surface area contributed by atoms with Crippen LogP contribution in [0, 0.1) is 0 Å². The number of methoxy groups -OCH3 is 1. The first-order valence-corrected chi connectivity index (χ1v) is 6.84. The molecule has 0 amide bonds. The molecule has 18 heavy (non-hydrogen) atoms. The molecule has 7 heteroatoms. The second-order valence-corrected chi connectivity index (χ2v) is 5.53. The van der Waals surface area contributed by atoms with E-state index in [0.717, 1.165) is 11.1 Å². The van der Waals surface area contributed by atoms with Crippen LogP contribution in [0.4, 0.5) is 0 Å². The minimum absolute atomic E-state index is 0.0627. The molecule has 0 aliphatic heterocycles. The second-order valence-electron chi connectivity index (χ2n) is 3.73. The molecule has 0 aliphatic carbocycles. The zero-order valence-electron chi connectivity index (χ0n) is 9.92. The van der Waals surface area contributed by atoms with E-state index in [2.05, 4.69) is 4.72 Å². The Morgan fingerprint density at radius 3 is 2.67 bits per heavy atom. The van der Waals surface area contributed by atoms with E-state index in [0.29, 0.717) is 6.61 Å². The first-order chi connectivity index (χ1) is 8.43. The standard InChI is InChI=1S/C11H15NO5S/c1-17-7-10-4-2-3-9(5-10)6-12-18(15,16)8-11(13)14/h2-5,12H,6-8H2,1H3,(H,13,14). The Balaban J connectivity index is 2.63. The Hall–Kier alpha value is -1.44. The van der Waals surface area contributed by atoms with Gasteiger partial charge in [-0.2, -0.15) is 0 Å². The van der Waals surface area contributed by atoms with Gasteiger partial charge in [-0.1, -0.05) is 24.3 Å². The van der Waals surface area contributed by atoms with Crippen molar-refractivity contribution in [3.63, 3.8) is 0 Å². The maximum absolute atomic E-state index is 11.3. The molecular formula is C11H15NO5S. The minimum atomic E-state index is -3.78. The molecule has 0 aromatic heterocycles. The summed E-state index contributed by atoms with van der Waals surface area (Å²) in [4.78, 5) is 10.3. The van der Waals surface area contributed by atoms with Crippen molar-refractivity contribution in [3.8, 4) is 0 Å². The van der Waals surface area contributed by atoms with Gasteiger partial charge in [-0.25, -0.2) is 13.1 Å². The molecule has 0 fully saturated rings. The van der Waals surface area contributed by atoms with Gasteiger partial charge in [0.05, 0.1) is 6.61 Å². The molecule has 0 bridgehead atoms. The molecule has 1 aromatic carbocycles. The predicted octanol–water partition coefficient (Wildman–Crippen LogP) is 0.337. The number of rotatable bonds is 7. The predicted molar refractivity (Wildman–Crippen MR) is 65.4 cm³/mol. The maximum atomic E-state index is 11.3. The minimum Gasteiger partial charge on any atom is -0.480 e. The van der Waals surface area contributed by atoms with E-state index in [4.69, 9.17) is 9.84 Å². The van der Waals surface area contributed by atoms with Crippen molar-refractivity contribution < 1.29 is 23.1 Å². The number of hydrogen-bond donors (Lipinski definition) is 2. The molecule has 100 valence electrons. The summed E-state index contributed by atoms with van der Waals surface area (Å²) in [7, 11) is -2.21. The van der Waals surface area contributed by atoms with E-state index in [-0.39, 0.29) is 6.54 Å². The Morgan fingerprint density at radius 2 is 2.06 bits per heavy atom. The van der Waals surface area contributed by atoms with Gasteiger partial charge in [-0.05, 0) is 11.1 Å². The number of nitrogens with one attached hydrogen (secondary N) is 1. The number of benzene rings is 1. The number of ether oxygens (including phenoxy) is 1. The lowest BCUT2D eigenvalue weighted by Gasteiger charge is -2.06. The summed E-state index contributed by atoms with van der Waals surface area (Å²) in [6.45, 7) is 0.503. The third-order valence-corrected chi connectivity index (χ3v) is 3.32. The van der Waals surface area contributed by atoms with Crippen molar-refractivity contribution in [1.82, 2.24) is 4.72 Å². The van der Waals surface area contributed by atoms with Gasteiger partial charge in [0.2, 0.25) is 10.0 Å². The Bertz CT molecular complexity index is 512. The van der Waals surface area contributed by atoms with Crippen LogP contribution < -0.4 is 4.72 Å². The number of carbonyl (C=O) groups is 1. The largest absolute Gasteiger partial charge is 0.480 e. The van der Waals surface area contributed by atoms with Gasteiger partial charge >= 0.3 is 5.97 Å². The fraction of sp³-hybridized carbons (Fsp3) is 0.364. The highest BCUT2D eigenvalue weighted by molar-refractivity contribution is 7.90. The molecule has 6 nitrogen and oxygen atoms in total. The molecule has 1 rings (SSSR count). The van der Waals surface area contributed by atoms with Gasteiger partial charge in [0.15, 0.2) is 5.75 Å². The van der Waals surface area contributed by atoms with E-state index in [1.807, 2.05) is 6.07 Å². The maximum Gasteiger partial charge on any atom is 0.320 e. The summed E-state index contributed by atoms with van der Waals surface area (Å²) in [5.41, 5.74) is 1.67. The molecule has 0 unspecified atom stereocenters. The van der Waals surface area contributed by atoms with Gasteiger partial charge in [0.25, 0.3) is 0 Å². The third-order valence-electron chi connectivity index (χ3n) is 2.11. The number of carboxylic acid groups (broad SMARTS) is 1. The van der Waals surface area contributed by atoms with Crippen LogP contribution in [0.5, 0.6) is 0 Å². The van der Waals surface area contributed by atoms with Crippen LogP contribution in [0.3, 0.4) is 0 Å². The SMILES string of the molecule is COCc1cccc(CNS(=O)(=O)CC(=O)O)c1. The molecule has 0 atom stereocenters. The highest BCUT2D eigenvalue weighted by atomic mass is 32.2. The van der Waals surface area contributed by atoms with Crippen molar-refractivity contribution in [2.45, 2.75) is 13.2 Å². The zero-order valence-corrected chi connectivity index (χ0v) is 10.7. The van der Waals surface area contributed by atoms with Crippen LogP contribution in [-0.2, 0) is 32.7 Å². The lowest BCUT2D eigenvalue weighted by molar-refractivity contribution is -0.134. The van der Waals surface area contributed by atoms with Crippen molar-refractivity contribution in [2.75, 3.05) is 12.9 Å². The average Bonchev–Trinajstić information content (AvgIpc) is 2.26. The monoisotopic (exact) mass is 273 g/mol. The van der Waals surface area contributed by atoms with E-state index in [1.54, 1.807) is 25.3 Å². The first kappa shape index (κ1) is 14.6. The molecule has 0 saturated carbocycles. The highest BCUT2D eigenvalue weighted by Gasteiger charge is 2.14. The van der Waals surface area contributed by atoms with Crippen LogP contribution in [0.2, 0.25) is 0 Å². The topological polar surface area (TPSA) is 92.7 Å². The van der Waals surface area contributed by atoms with E-state index in [9.17, 15) is 13.2 Å². The third kappa shape index (κ3) is 5.26. The number of carboxylic acids is 1. The molecular weight excluding hydrogens is 258 g/mol. The van der Waals surface area contributed by atoms with Gasteiger partial charge in [0, 0.05) is 13.7 Å². The fourth-order valence-electron chi connectivity index (χ4n) is 1.40. The van der Waals surface area contributed by atoms with Crippen molar-refractivity contribution in [3.05, 3.63) is 35.4 Å². The van der Waals surface area contributed by atoms with Crippen molar-refractivity contribution >= 4 is 16.0 Å². The van der Waals surface area contributed by atoms with Gasteiger partial charge in [-0.15, -0.1) is 0 Å². The van der Waals surface area contributed by atoms with Crippen molar-refractivity contribution in [2.24, 2.45) is 0 Å². The lowest BCUT2D eigenvalue weighted by atomic mass is 10.1. The van der Waals surface area contributed by atoms with Crippen LogP contribution in [0.25, 0.3) is 0 Å². The molecule has 0 radical (unpaired) electrons. The van der Waals surface area contributed by atoms with Crippen molar-refractivity contribution in [1.29, 1.82) is 0 Å². The molecule has 0 heterocycles. The molecule has 0 aliphatic rings. The average molecular weight is 273 g/mol. The zero-order chi connectivity index (χ0) is 13.6. The summed E-state index contributed by atoms with van der Waals surface area (Å²) in [6.07, 6.45) is 0. The summed E-state index contributed by atoms with van der Waals surface area (Å²) in [5.74, 6) is -2.30. The highest BCUT2D eigenvalue weighted by Crippen LogP contribution is 2.06. The Kier molecular flexibility index (Phi) is 5.26. The summed E-state index contributed by atoms with van der Waals surface area (Å²) in [6, 6.07) is 7.20. The van der Waals surface area contributed by atoms with Crippen LogP contribution in [-0.4, -0.2) is 32.4 Å². The molecule has 1 aromatic rings.